The Hall–Kier alpha value is -0.630. The number of Topliss-reactive ketones (excluding diaryl/α,β-unsaturated/α-hetero) is 1. The van der Waals surface area contributed by atoms with E-state index in [1.807, 2.05) is 0 Å². The molecule has 7 atom stereocenters. The molecule has 3 saturated carbocycles. The minimum atomic E-state index is -0.131. The Morgan fingerprint density at radius 3 is 2.77 bits per heavy atom. The van der Waals surface area contributed by atoms with E-state index in [9.17, 15) is 9.90 Å². The lowest BCUT2D eigenvalue weighted by Crippen LogP contribution is -2.53. The number of carbonyl (C=O) groups excluding carboxylic acids is 1. The maximum Gasteiger partial charge on any atom is 0.139 e. The number of carbonyl (C=O) groups is 1. The van der Waals surface area contributed by atoms with Crippen molar-refractivity contribution in [2.45, 2.75) is 71.8 Å². The van der Waals surface area contributed by atoms with Gasteiger partial charge >= 0.3 is 0 Å². The predicted molar refractivity (Wildman–Crippen MR) is 87.3 cm³/mol. The van der Waals surface area contributed by atoms with Gasteiger partial charge in [0.15, 0.2) is 0 Å². The Labute approximate surface area is 134 Å². The highest BCUT2D eigenvalue weighted by Crippen LogP contribution is 2.65. The van der Waals surface area contributed by atoms with Crippen molar-refractivity contribution in [3.8, 4) is 0 Å². The summed E-state index contributed by atoms with van der Waals surface area (Å²) in [6.45, 7) is 7.10. The Morgan fingerprint density at radius 2 is 2.00 bits per heavy atom. The summed E-state index contributed by atoms with van der Waals surface area (Å²) in [6.07, 6.45) is 9.43. The number of rotatable bonds is 0. The van der Waals surface area contributed by atoms with Crippen LogP contribution in [0.4, 0.5) is 0 Å². The van der Waals surface area contributed by atoms with Gasteiger partial charge in [-0.05, 0) is 67.6 Å². The fraction of sp³-hybridized carbons (Fsp3) is 0.850. The van der Waals surface area contributed by atoms with Gasteiger partial charge in [0.2, 0.25) is 0 Å². The van der Waals surface area contributed by atoms with E-state index >= 15 is 0 Å². The monoisotopic (exact) mass is 302 g/mol. The van der Waals surface area contributed by atoms with Gasteiger partial charge in [-0.15, -0.1) is 0 Å². The minimum Gasteiger partial charge on any atom is -0.393 e. The van der Waals surface area contributed by atoms with Crippen LogP contribution in [0.3, 0.4) is 0 Å². The zero-order chi connectivity index (χ0) is 15.7. The third-order valence-electron chi connectivity index (χ3n) is 8.03. The van der Waals surface area contributed by atoms with Gasteiger partial charge in [-0.25, -0.2) is 0 Å². The number of ketones is 1. The van der Waals surface area contributed by atoms with Gasteiger partial charge in [-0.1, -0.05) is 32.4 Å². The van der Waals surface area contributed by atoms with Gasteiger partial charge in [0.25, 0.3) is 0 Å². The van der Waals surface area contributed by atoms with Crippen LogP contribution in [0.2, 0.25) is 0 Å². The largest absolute Gasteiger partial charge is 0.393 e. The molecule has 2 heteroatoms. The highest BCUT2D eigenvalue weighted by molar-refractivity contribution is 5.87. The number of fused-ring (bicyclic) bond motifs is 5. The van der Waals surface area contributed by atoms with Crippen LogP contribution in [0.5, 0.6) is 0 Å². The molecule has 1 N–H and O–H groups in total. The lowest BCUT2D eigenvalue weighted by atomic mass is 9.45. The van der Waals surface area contributed by atoms with Crippen molar-refractivity contribution in [2.24, 2.45) is 34.5 Å². The fourth-order valence-corrected chi connectivity index (χ4v) is 7.12. The van der Waals surface area contributed by atoms with E-state index < -0.39 is 0 Å². The molecule has 4 aliphatic carbocycles. The number of aliphatic hydroxyl groups excluding tert-OH is 1. The van der Waals surface area contributed by atoms with Crippen molar-refractivity contribution in [1.29, 1.82) is 0 Å². The molecule has 22 heavy (non-hydrogen) atoms. The molecule has 0 heterocycles. The first kappa shape index (κ1) is 14.9. The van der Waals surface area contributed by atoms with Crippen molar-refractivity contribution < 1.29 is 9.90 Å². The Bertz CT molecular complexity index is 536. The molecule has 0 saturated heterocycles. The minimum absolute atomic E-state index is 0.0452. The first-order chi connectivity index (χ1) is 10.4. The highest BCUT2D eigenvalue weighted by Gasteiger charge is 2.60. The molecule has 0 amide bonds. The fourth-order valence-electron chi connectivity index (χ4n) is 7.12. The van der Waals surface area contributed by atoms with E-state index in [4.69, 9.17) is 0 Å². The zero-order valence-corrected chi connectivity index (χ0v) is 14.3. The summed E-state index contributed by atoms with van der Waals surface area (Å²) < 4.78 is 0. The van der Waals surface area contributed by atoms with Crippen molar-refractivity contribution in [1.82, 2.24) is 0 Å². The van der Waals surface area contributed by atoms with Gasteiger partial charge in [-0.2, -0.15) is 0 Å². The molecule has 0 radical (unpaired) electrons. The molecule has 0 bridgehead atoms. The Kier molecular flexibility index (Phi) is 3.18. The van der Waals surface area contributed by atoms with E-state index in [2.05, 4.69) is 26.8 Å². The number of hydrogen-bond donors (Lipinski definition) is 1. The van der Waals surface area contributed by atoms with E-state index in [-0.39, 0.29) is 16.9 Å². The number of allylic oxidation sites excluding steroid dienone is 1. The lowest BCUT2D eigenvalue weighted by molar-refractivity contribution is -0.135. The SMILES string of the molecule is C[C@@H]1C[C@]2(C)C(=O)CC[C@H]2[C@@H]2CC=C3C[C@@H](O)CC[C@]3(C)[C@H]21. The summed E-state index contributed by atoms with van der Waals surface area (Å²) in [5, 5.41) is 10.1. The molecule has 0 aromatic carbocycles. The van der Waals surface area contributed by atoms with E-state index in [1.54, 1.807) is 0 Å². The Balaban J connectivity index is 1.74. The molecule has 122 valence electrons. The van der Waals surface area contributed by atoms with E-state index in [1.165, 1.54) is 5.57 Å². The summed E-state index contributed by atoms with van der Waals surface area (Å²) >= 11 is 0. The van der Waals surface area contributed by atoms with Crippen LogP contribution in [-0.4, -0.2) is 17.0 Å². The summed E-state index contributed by atoms with van der Waals surface area (Å²) in [4.78, 5) is 12.5. The first-order valence-corrected chi connectivity index (χ1v) is 9.27. The van der Waals surface area contributed by atoms with Crippen LogP contribution in [0.15, 0.2) is 11.6 Å². The average Bonchev–Trinajstić information content (AvgIpc) is 2.75. The molecule has 0 spiro atoms. The molecule has 0 aromatic heterocycles. The quantitative estimate of drug-likeness (QED) is 0.683. The van der Waals surface area contributed by atoms with Crippen LogP contribution in [-0.2, 0) is 4.79 Å². The topological polar surface area (TPSA) is 37.3 Å². The molecule has 4 rings (SSSR count). The van der Waals surface area contributed by atoms with Crippen molar-refractivity contribution in [3.05, 3.63) is 11.6 Å². The standard InChI is InChI=1S/C20H30O2/c1-12-11-20(3)16(6-7-17(20)22)15-5-4-13-10-14(21)8-9-19(13,2)18(12)15/h4,12,14-16,18,21H,5-11H2,1-3H3/t12-,14+,15+,16+,18+,19+,20+/m1/s1. The second-order valence-corrected chi connectivity index (χ2v) is 9.14. The van der Waals surface area contributed by atoms with E-state index in [0.29, 0.717) is 29.5 Å². The zero-order valence-electron chi connectivity index (χ0n) is 14.3. The Morgan fingerprint density at radius 1 is 1.23 bits per heavy atom. The molecule has 0 unspecified atom stereocenters. The normalized spacial score (nSPS) is 54.3. The van der Waals surface area contributed by atoms with Gasteiger partial charge in [0.1, 0.15) is 5.78 Å². The third kappa shape index (κ3) is 1.79. The molecule has 3 fully saturated rings. The molecular weight excluding hydrogens is 272 g/mol. The molecular formula is C20H30O2. The first-order valence-electron chi connectivity index (χ1n) is 9.27. The van der Waals surface area contributed by atoms with Crippen LogP contribution in [0, 0.1) is 34.5 Å². The molecule has 0 aliphatic heterocycles. The van der Waals surface area contributed by atoms with Gasteiger partial charge in [-0.3, -0.25) is 4.79 Å². The summed E-state index contributed by atoms with van der Waals surface area (Å²) in [7, 11) is 0. The molecule has 2 nitrogen and oxygen atoms in total. The van der Waals surface area contributed by atoms with Crippen molar-refractivity contribution in [3.63, 3.8) is 0 Å². The van der Waals surface area contributed by atoms with Gasteiger partial charge in [0, 0.05) is 11.8 Å². The molecule has 0 aromatic rings. The van der Waals surface area contributed by atoms with Crippen LogP contribution < -0.4 is 0 Å². The average molecular weight is 302 g/mol. The third-order valence-corrected chi connectivity index (χ3v) is 8.03. The smallest absolute Gasteiger partial charge is 0.139 e. The van der Waals surface area contributed by atoms with Crippen LogP contribution >= 0.6 is 0 Å². The summed E-state index contributed by atoms with van der Waals surface area (Å²) in [5.41, 5.74) is 1.75. The van der Waals surface area contributed by atoms with Gasteiger partial charge < -0.3 is 5.11 Å². The van der Waals surface area contributed by atoms with Crippen LogP contribution in [0.25, 0.3) is 0 Å². The predicted octanol–water partition coefficient (Wildman–Crippen LogP) is 4.13. The highest BCUT2D eigenvalue weighted by atomic mass is 16.3. The number of hydrogen-bond acceptors (Lipinski definition) is 2. The van der Waals surface area contributed by atoms with Crippen molar-refractivity contribution >= 4 is 5.78 Å². The van der Waals surface area contributed by atoms with Crippen molar-refractivity contribution in [2.75, 3.05) is 0 Å². The maximum absolute atomic E-state index is 12.5. The summed E-state index contributed by atoms with van der Waals surface area (Å²) in [5.74, 6) is 3.15. The second-order valence-electron chi connectivity index (χ2n) is 9.14. The van der Waals surface area contributed by atoms with Crippen LogP contribution in [0.1, 0.15) is 65.7 Å². The maximum atomic E-state index is 12.5. The summed E-state index contributed by atoms with van der Waals surface area (Å²) in [6, 6.07) is 0. The number of aliphatic hydroxyl groups is 1. The lowest BCUT2D eigenvalue weighted by Gasteiger charge is -2.59. The van der Waals surface area contributed by atoms with Gasteiger partial charge in [0.05, 0.1) is 6.10 Å². The molecule has 4 aliphatic rings. The van der Waals surface area contributed by atoms with E-state index in [0.717, 1.165) is 44.9 Å². The second kappa shape index (κ2) is 4.69.